The minimum atomic E-state index is 0.426. The highest BCUT2D eigenvalue weighted by atomic mass is 16.5. The third-order valence-corrected chi connectivity index (χ3v) is 5.41. The molecule has 2 rings (SSSR count). The van der Waals surface area contributed by atoms with Crippen LogP contribution in [-0.4, -0.2) is 19.3 Å². The number of nitrogens with two attached hydrogens (primary N) is 1. The molecule has 0 amide bonds. The quantitative estimate of drug-likeness (QED) is 0.553. The largest absolute Gasteiger partial charge is 0.378 e. The predicted octanol–water partition coefficient (Wildman–Crippen LogP) is 5.37. The Hall–Kier alpha value is -0.860. The summed E-state index contributed by atoms with van der Waals surface area (Å²) in [6.45, 7) is 6.20. The Labute approximate surface area is 149 Å². The Kier molecular flexibility index (Phi) is 8.83. The van der Waals surface area contributed by atoms with E-state index < -0.39 is 0 Å². The molecule has 2 N–H and O–H groups in total. The zero-order valence-electron chi connectivity index (χ0n) is 15.9. The number of benzene rings is 1. The first kappa shape index (κ1) is 19.5. The first-order valence-corrected chi connectivity index (χ1v) is 10.2. The normalized spacial score (nSPS) is 18.4. The molecule has 1 aromatic rings. The van der Waals surface area contributed by atoms with Crippen LogP contribution in [0.2, 0.25) is 0 Å². The molecular weight excluding hydrogens is 294 g/mol. The lowest BCUT2D eigenvalue weighted by Gasteiger charge is -2.26. The molecule has 1 aliphatic carbocycles. The molecule has 2 atom stereocenters. The zero-order chi connectivity index (χ0) is 17.2. The van der Waals surface area contributed by atoms with Gasteiger partial charge in [0, 0.05) is 6.61 Å². The molecule has 0 saturated heterocycles. The average molecular weight is 332 g/mol. The summed E-state index contributed by atoms with van der Waals surface area (Å²) in [5.41, 5.74) is 10.4. The number of unbranched alkanes of at least 4 members (excludes halogenated alkanes) is 4. The van der Waals surface area contributed by atoms with Gasteiger partial charge in [-0.05, 0) is 61.3 Å². The summed E-state index contributed by atoms with van der Waals surface area (Å²) in [7, 11) is 0. The van der Waals surface area contributed by atoms with Crippen molar-refractivity contribution in [3.8, 4) is 0 Å². The summed E-state index contributed by atoms with van der Waals surface area (Å²) in [6.07, 6.45) is 12.8. The molecule has 2 heteroatoms. The van der Waals surface area contributed by atoms with Gasteiger partial charge >= 0.3 is 0 Å². The first-order valence-electron chi connectivity index (χ1n) is 10.2. The van der Waals surface area contributed by atoms with Crippen LogP contribution in [0.25, 0.3) is 0 Å². The monoisotopic (exact) mass is 331 g/mol. The summed E-state index contributed by atoms with van der Waals surface area (Å²) >= 11 is 0. The molecule has 0 aliphatic heterocycles. The summed E-state index contributed by atoms with van der Waals surface area (Å²) in [5, 5.41) is 0. The number of ether oxygens (including phenoxy) is 1. The van der Waals surface area contributed by atoms with Crippen LogP contribution in [0, 0.1) is 0 Å². The van der Waals surface area contributed by atoms with Crippen LogP contribution in [0.3, 0.4) is 0 Å². The minimum absolute atomic E-state index is 0.426. The van der Waals surface area contributed by atoms with Crippen LogP contribution in [0.4, 0.5) is 0 Å². The third kappa shape index (κ3) is 5.89. The van der Waals surface area contributed by atoms with Gasteiger partial charge in [0.25, 0.3) is 0 Å². The smallest absolute Gasteiger partial charge is 0.0618 e. The molecule has 136 valence electrons. The van der Waals surface area contributed by atoms with Crippen LogP contribution < -0.4 is 5.73 Å². The second kappa shape index (κ2) is 10.9. The van der Waals surface area contributed by atoms with Crippen molar-refractivity contribution in [2.75, 3.05) is 13.2 Å². The van der Waals surface area contributed by atoms with Crippen LogP contribution in [0.15, 0.2) is 18.2 Å². The third-order valence-electron chi connectivity index (χ3n) is 5.41. The second-order valence-electron chi connectivity index (χ2n) is 7.40. The molecule has 0 saturated carbocycles. The Morgan fingerprint density at radius 3 is 2.67 bits per heavy atom. The summed E-state index contributed by atoms with van der Waals surface area (Å²) in [6, 6.07) is 7.06. The average Bonchev–Trinajstić information content (AvgIpc) is 2.62. The number of hydrogen-bond donors (Lipinski definition) is 1. The van der Waals surface area contributed by atoms with Gasteiger partial charge < -0.3 is 10.5 Å². The lowest BCUT2D eigenvalue weighted by atomic mass is 9.85. The van der Waals surface area contributed by atoms with E-state index in [0.717, 1.165) is 26.0 Å². The topological polar surface area (TPSA) is 35.2 Å². The van der Waals surface area contributed by atoms with Gasteiger partial charge in [0.2, 0.25) is 0 Å². The van der Waals surface area contributed by atoms with E-state index in [-0.39, 0.29) is 0 Å². The van der Waals surface area contributed by atoms with Gasteiger partial charge in [-0.3, -0.25) is 0 Å². The second-order valence-corrected chi connectivity index (χ2v) is 7.40. The fraction of sp³-hybridized carbons (Fsp3) is 0.727. The fourth-order valence-corrected chi connectivity index (χ4v) is 3.86. The summed E-state index contributed by atoms with van der Waals surface area (Å²) < 4.78 is 6.14. The number of aryl methyl sites for hydroxylation is 1. The fourth-order valence-electron chi connectivity index (χ4n) is 3.86. The Morgan fingerprint density at radius 1 is 1.08 bits per heavy atom. The van der Waals surface area contributed by atoms with E-state index in [2.05, 4.69) is 32.0 Å². The van der Waals surface area contributed by atoms with E-state index in [9.17, 15) is 0 Å². The van der Waals surface area contributed by atoms with Crippen LogP contribution in [-0.2, 0) is 17.6 Å². The van der Waals surface area contributed by atoms with Crippen molar-refractivity contribution < 1.29 is 4.74 Å². The lowest BCUT2D eigenvalue weighted by molar-refractivity contribution is 0.0417. The molecule has 0 radical (unpaired) electrons. The molecule has 0 spiro atoms. The maximum absolute atomic E-state index is 6.14. The summed E-state index contributed by atoms with van der Waals surface area (Å²) in [5.74, 6) is 0.525. The molecule has 1 aliphatic rings. The number of rotatable bonds is 11. The molecule has 0 fully saturated rings. The van der Waals surface area contributed by atoms with Crippen molar-refractivity contribution in [3.05, 3.63) is 34.9 Å². The van der Waals surface area contributed by atoms with Gasteiger partial charge in [-0.2, -0.15) is 0 Å². The van der Waals surface area contributed by atoms with E-state index in [1.807, 2.05) is 0 Å². The van der Waals surface area contributed by atoms with Gasteiger partial charge in [0.05, 0.1) is 6.10 Å². The molecular formula is C22H37NO. The van der Waals surface area contributed by atoms with Gasteiger partial charge in [-0.15, -0.1) is 0 Å². The SMILES string of the molecule is CCCCCCCOC1CCc2cc(C(CN)CCC)ccc2C1. The molecule has 0 bridgehead atoms. The van der Waals surface area contributed by atoms with Crippen LogP contribution >= 0.6 is 0 Å². The zero-order valence-corrected chi connectivity index (χ0v) is 15.9. The van der Waals surface area contributed by atoms with Crippen molar-refractivity contribution in [2.45, 2.75) is 90.1 Å². The van der Waals surface area contributed by atoms with E-state index in [0.29, 0.717) is 12.0 Å². The van der Waals surface area contributed by atoms with E-state index in [1.165, 1.54) is 68.1 Å². The van der Waals surface area contributed by atoms with Gasteiger partial charge in [0.1, 0.15) is 0 Å². The maximum Gasteiger partial charge on any atom is 0.0618 e. The van der Waals surface area contributed by atoms with Crippen molar-refractivity contribution in [1.29, 1.82) is 0 Å². The molecule has 2 unspecified atom stereocenters. The molecule has 1 aromatic carbocycles. The lowest BCUT2D eigenvalue weighted by Crippen LogP contribution is -2.23. The highest BCUT2D eigenvalue weighted by Gasteiger charge is 2.20. The van der Waals surface area contributed by atoms with Crippen molar-refractivity contribution in [2.24, 2.45) is 5.73 Å². The van der Waals surface area contributed by atoms with Crippen LogP contribution in [0.1, 0.15) is 87.8 Å². The molecule has 2 nitrogen and oxygen atoms in total. The highest BCUT2D eigenvalue weighted by molar-refractivity contribution is 5.36. The Balaban J connectivity index is 1.81. The summed E-state index contributed by atoms with van der Waals surface area (Å²) in [4.78, 5) is 0. The van der Waals surface area contributed by atoms with E-state index in [4.69, 9.17) is 10.5 Å². The minimum Gasteiger partial charge on any atom is -0.378 e. The molecule has 24 heavy (non-hydrogen) atoms. The maximum atomic E-state index is 6.14. The van der Waals surface area contributed by atoms with Gasteiger partial charge in [0.15, 0.2) is 0 Å². The molecule has 0 heterocycles. The Bertz CT molecular complexity index is 471. The van der Waals surface area contributed by atoms with Gasteiger partial charge in [-0.25, -0.2) is 0 Å². The number of hydrogen-bond acceptors (Lipinski definition) is 2. The van der Waals surface area contributed by atoms with Crippen LogP contribution in [0.5, 0.6) is 0 Å². The highest BCUT2D eigenvalue weighted by Crippen LogP contribution is 2.28. The van der Waals surface area contributed by atoms with Crippen molar-refractivity contribution >= 4 is 0 Å². The van der Waals surface area contributed by atoms with Crippen molar-refractivity contribution in [1.82, 2.24) is 0 Å². The van der Waals surface area contributed by atoms with Gasteiger partial charge in [-0.1, -0.05) is 64.2 Å². The standard InChI is InChI=1S/C22H37NO/c1-3-5-6-7-8-14-24-22-13-12-18-15-19(10-11-20(18)16-22)21(17-23)9-4-2/h10-11,15,21-22H,3-9,12-14,16-17,23H2,1-2H3. The van der Waals surface area contributed by atoms with Crippen molar-refractivity contribution in [3.63, 3.8) is 0 Å². The predicted molar refractivity (Wildman–Crippen MR) is 104 cm³/mol. The number of fused-ring (bicyclic) bond motifs is 1. The Morgan fingerprint density at radius 2 is 1.92 bits per heavy atom. The first-order chi connectivity index (χ1) is 11.8. The van der Waals surface area contributed by atoms with E-state index >= 15 is 0 Å². The molecule has 0 aromatic heterocycles. The van der Waals surface area contributed by atoms with E-state index in [1.54, 1.807) is 0 Å².